The number of para-hydroxylation sites is 1. The summed E-state index contributed by atoms with van der Waals surface area (Å²) in [5, 5.41) is 0.955. The van der Waals surface area contributed by atoms with Gasteiger partial charge >= 0.3 is 0 Å². The molecule has 0 bridgehead atoms. The van der Waals surface area contributed by atoms with Crippen molar-refractivity contribution >= 4 is 16.8 Å². The van der Waals surface area contributed by atoms with Crippen LogP contribution in [0.5, 0.6) is 0 Å². The van der Waals surface area contributed by atoms with Crippen molar-refractivity contribution in [3.8, 4) is 11.1 Å². The van der Waals surface area contributed by atoms with Gasteiger partial charge in [-0.15, -0.1) is 0 Å². The standard InChI is InChI=1S/C22H18O2/c1-2-8-15-13-19(18-11-5-3-4-10-17(15)18)22(23)21-14-16-9-6-7-12-20(16)24-21/h3-7,9-14H,2,8H2,1H3. The van der Waals surface area contributed by atoms with E-state index in [1.807, 2.05) is 60.7 Å². The Morgan fingerprint density at radius 3 is 2.46 bits per heavy atom. The average molecular weight is 314 g/mol. The molecule has 24 heavy (non-hydrogen) atoms. The zero-order chi connectivity index (χ0) is 16.5. The lowest BCUT2D eigenvalue weighted by atomic mass is 10.0. The minimum atomic E-state index is -0.0512. The van der Waals surface area contributed by atoms with Gasteiger partial charge in [0.25, 0.3) is 0 Å². The molecule has 2 nitrogen and oxygen atoms in total. The molecule has 0 radical (unpaired) electrons. The third kappa shape index (κ3) is 2.41. The Morgan fingerprint density at radius 1 is 0.917 bits per heavy atom. The maximum absolute atomic E-state index is 13.1. The largest absolute Gasteiger partial charge is 0.453 e. The first-order chi connectivity index (χ1) is 11.8. The van der Waals surface area contributed by atoms with Crippen molar-refractivity contribution in [3.63, 3.8) is 0 Å². The normalized spacial score (nSPS) is 11.2. The number of aryl methyl sites for hydroxylation is 1. The van der Waals surface area contributed by atoms with E-state index in [0.29, 0.717) is 5.76 Å². The molecule has 0 fully saturated rings. The zero-order valence-electron chi connectivity index (χ0n) is 13.6. The van der Waals surface area contributed by atoms with E-state index in [2.05, 4.69) is 13.0 Å². The van der Waals surface area contributed by atoms with E-state index in [1.165, 1.54) is 5.56 Å². The Hall–Kier alpha value is -2.87. The van der Waals surface area contributed by atoms with Crippen molar-refractivity contribution in [2.45, 2.75) is 19.8 Å². The van der Waals surface area contributed by atoms with Crippen LogP contribution in [-0.4, -0.2) is 5.78 Å². The number of hydrogen-bond donors (Lipinski definition) is 0. The fourth-order valence-corrected chi connectivity index (χ4v) is 3.28. The summed E-state index contributed by atoms with van der Waals surface area (Å²) in [6.45, 7) is 2.16. The van der Waals surface area contributed by atoms with Gasteiger partial charge in [-0.1, -0.05) is 61.9 Å². The summed E-state index contributed by atoms with van der Waals surface area (Å²) < 4.78 is 5.78. The molecule has 4 rings (SSSR count). The molecule has 118 valence electrons. The number of ketones is 1. The fourth-order valence-electron chi connectivity index (χ4n) is 3.28. The summed E-state index contributed by atoms with van der Waals surface area (Å²) in [5.41, 5.74) is 4.85. The molecule has 2 heteroatoms. The predicted molar refractivity (Wildman–Crippen MR) is 96.7 cm³/mol. The number of furan rings is 1. The van der Waals surface area contributed by atoms with Crippen LogP contribution in [0.25, 0.3) is 22.1 Å². The first-order valence-electron chi connectivity index (χ1n) is 8.32. The molecular weight excluding hydrogens is 296 g/mol. The highest BCUT2D eigenvalue weighted by molar-refractivity contribution is 6.14. The van der Waals surface area contributed by atoms with Gasteiger partial charge in [-0.2, -0.15) is 0 Å². The molecule has 0 saturated heterocycles. The molecule has 1 aromatic heterocycles. The lowest BCUT2D eigenvalue weighted by molar-refractivity contribution is 0.101. The molecule has 0 amide bonds. The molecule has 1 heterocycles. The van der Waals surface area contributed by atoms with Crippen molar-refractivity contribution in [2.24, 2.45) is 0 Å². The summed E-state index contributed by atoms with van der Waals surface area (Å²) in [7, 11) is 0. The molecule has 2 aliphatic rings. The smallest absolute Gasteiger partial charge is 0.228 e. The van der Waals surface area contributed by atoms with Crippen LogP contribution in [0.2, 0.25) is 0 Å². The molecule has 0 atom stereocenters. The second kappa shape index (κ2) is 5.97. The molecule has 0 saturated carbocycles. The van der Waals surface area contributed by atoms with Crippen LogP contribution in [0.1, 0.15) is 35.0 Å². The molecular formula is C22H18O2. The predicted octanol–water partition coefficient (Wildman–Crippen LogP) is 5.72. The summed E-state index contributed by atoms with van der Waals surface area (Å²) >= 11 is 0. The molecule has 0 N–H and O–H groups in total. The first-order valence-corrected chi connectivity index (χ1v) is 8.32. The third-order valence-corrected chi connectivity index (χ3v) is 4.41. The number of carbonyl (C=O) groups excluding carboxylic acids is 1. The Bertz CT molecular complexity index is 961. The monoisotopic (exact) mass is 314 g/mol. The van der Waals surface area contributed by atoms with Crippen molar-refractivity contribution in [3.05, 3.63) is 83.6 Å². The SMILES string of the molecule is CCCc1cc(C(=O)c2cc3ccccc3o2)c2cccccc1-2. The second-order valence-electron chi connectivity index (χ2n) is 6.05. The molecule has 2 aliphatic carbocycles. The number of fused-ring (bicyclic) bond motifs is 2. The van der Waals surface area contributed by atoms with Crippen LogP contribution in [0.15, 0.2) is 71.1 Å². The highest BCUT2D eigenvalue weighted by atomic mass is 16.3. The molecule has 0 aliphatic heterocycles. The van der Waals surface area contributed by atoms with Gasteiger partial charge < -0.3 is 4.42 Å². The highest BCUT2D eigenvalue weighted by Crippen LogP contribution is 2.34. The quantitative estimate of drug-likeness (QED) is 0.451. The fraction of sp³-hybridized carbons (Fsp3) is 0.136. The summed E-state index contributed by atoms with van der Waals surface area (Å²) in [4.78, 5) is 13.1. The minimum absolute atomic E-state index is 0.0512. The van der Waals surface area contributed by atoms with Gasteiger partial charge in [0.05, 0.1) is 0 Å². The first kappa shape index (κ1) is 14.7. The lowest BCUT2D eigenvalue weighted by Gasteiger charge is -2.00. The van der Waals surface area contributed by atoms with Crippen LogP contribution >= 0.6 is 0 Å². The molecule has 0 spiro atoms. The number of hydrogen-bond acceptors (Lipinski definition) is 2. The molecule has 2 aromatic rings. The number of carbonyl (C=O) groups is 1. The van der Waals surface area contributed by atoms with Crippen molar-refractivity contribution < 1.29 is 9.21 Å². The maximum atomic E-state index is 13.1. The van der Waals surface area contributed by atoms with E-state index >= 15 is 0 Å². The van der Waals surface area contributed by atoms with E-state index in [4.69, 9.17) is 4.42 Å². The highest BCUT2D eigenvalue weighted by Gasteiger charge is 2.22. The van der Waals surface area contributed by atoms with Crippen LogP contribution < -0.4 is 0 Å². The number of rotatable bonds is 4. The van der Waals surface area contributed by atoms with Gasteiger partial charge in [0.2, 0.25) is 5.78 Å². The minimum Gasteiger partial charge on any atom is -0.453 e. The van der Waals surface area contributed by atoms with E-state index in [1.54, 1.807) is 0 Å². The van der Waals surface area contributed by atoms with E-state index < -0.39 is 0 Å². The van der Waals surface area contributed by atoms with Crippen molar-refractivity contribution in [2.75, 3.05) is 0 Å². The van der Waals surface area contributed by atoms with Gasteiger partial charge in [0, 0.05) is 10.9 Å². The van der Waals surface area contributed by atoms with Gasteiger partial charge in [0.1, 0.15) is 5.58 Å². The van der Waals surface area contributed by atoms with Crippen LogP contribution in [0, 0.1) is 0 Å². The Labute approximate surface area is 141 Å². The van der Waals surface area contributed by atoms with E-state index in [0.717, 1.165) is 40.5 Å². The van der Waals surface area contributed by atoms with Crippen LogP contribution in [0.3, 0.4) is 0 Å². The molecule has 1 aromatic carbocycles. The van der Waals surface area contributed by atoms with E-state index in [9.17, 15) is 4.79 Å². The summed E-state index contributed by atoms with van der Waals surface area (Å²) in [6.07, 6.45) is 2.02. The van der Waals surface area contributed by atoms with Crippen molar-refractivity contribution in [1.82, 2.24) is 0 Å². The van der Waals surface area contributed by atoms with Gasteiger partial charge in [0.15, 0.2) is 5.76 Å². The Morgan fingerprint density at radius 2 is 1.67 bits per heavy atom. The van der Waals surface area contributed by atoms with Gasteiger partial charge in [-0.3, -0.25) is 4.79 Å². The Kier molecular flexibility index (Phi) is 3.66. The topological polar surface area (TPSA) is 30.2 Å². The van der Waals surface area contributed by atoms with Crippen LogP contribution in [-0.2, 0) is 6.42 Å². The zero-order valence-corrected chi connectivity index (χ0v) is 13.6. The molecule has 0 unspecified atom stereocenters. The summed E-state index contributed by atoms with van der Waals surface area (Å²) in [5.74, 6) is 0.349. The third-order valence-electron chi connectivity index (χ3n) is 4.41. The number of benzene rings is 1. The van der Waals surface area contributed by atoms with E-state index in [-0.39, 0.29) is 5.78 Å². The summed E-state index contributed by atoms with van der Waals surface area (Å²) in [6, 6.07) is 21.7. The second-order valence-corrected chi connectivity index (χ2v) is 6.05. The van der Waals surface area contributed by atoms with Gasteiger partial charge in [-0.05, 0) is 41.3 Å². The van der Waals surface area contributed by atoms with Crippen molar-refractivity contribution in [1.29, 1.82) is 0 Å². The lowest BCUT2D eigenvalue weighted by Crippen LogP contribution is -1.98. The Balaban J connectivity index is 1.85. The van der Waals surface area contributed by atoms with Gasteiger partial charge in [-0.25, -0.2) is 0 Å². The van der Waals surface area contributed by atoms with Crippen LogP contribution in [0.4, 0.5) is 0 Å². The maximum Gasteiger partial charge on any atom is 0.228 e. The average Bonchev–Trinajstić information content (AvgIpc) is 3.08.